The van der Waals surface area contributed by atoms with Crippen LogP contribution in [0.15, 0.2) is 0 Å². The molecular weight excluding hydrogens is 1010 g/mol. The predicted molar refractivity (Wildman–Crippen MR) is 306 cm³/mol. The van der Waals surface area contributed by atoms with Crippen molar-refractivity contribution in [2.45, 2.75) is 202 Å². The number of carbonyl (C=O) groups is 6. The third-order valence-electron chi connectivity index (χ3n) is 12.1. The van der Waals surface area contributed by atoms with Crippen molar-refractivity contribution in [1.29, 1.82) is 0 Å². The van der Waals surface area contributed by atoms with Gasteiger partial charge in [-0.1, -0.05) is 86.8 Å². The van der Waals surface area contributed by atoms with Gasteiger partial charge >= 0.3 is 24.2 Å². The Morgan fingerprint density at radius 1 is 0.466 bits per heavy atom. The first kappa shape index (κ1) is 70.5. The number of nitrogens with one attached hydrogen (secondary N) is 5. The van der Waals surface area contributed by atoms with Crippen LogP contribution in [0.2, 0.25) is 0 Å². The molecule has 0 aromatic carbocycles. The molecule has 0 atom stereocenters. The van der Waals surface area contributed by atoms with Crippen LogP contribution in [0.25, 0.3) is 0 Å². The van der Waals surface area contributed by atoms with E-state index in [-0.39, 0.29) is 41.9 Å². The van der Waals surface area contributed by atoms with Crippen molar-refractivity contribution < 1.29 is 48.1 Å². The van der Waals surface area contributed by atoms with E-state index in [1.807, 2.05) is 41.5 Å². The maximum Gasteiger partial charge on any atom is 0.407 e. The highest BCUT2D eigenvalue weighted by molar-refractivity contribution is 8.76. The minimum Gasteiger partial charge on any atom is -0.481 e. The van der Waals surface area contributed by atoms with E-state index in [9.17, 15) is 28.8 Å². The number of ether oxygens (including phenoxy) is 3. The van der Waals surface area contributed by atoms with Gasteiger partial charge in [0.25, 0.3) is 0 Å². The highest BCUT2D eigenvalue weighted by atomic mass is 33.1. The molecule has 3 aliphatic rings. The van der Waals surface area contributed by atoms with Gasteiger partial charge in [0.1, 0.15) is 16.8 Å². The van der Waals surface area contributed by atoms with E-state index in [1.54, 1.807) is 65.9 Å². The molecule has 0 aromatic heterocycles. The molecule has 0 unspecified atom stereocenters. The van der Waals surface area contributed by atoms with Gasteiger partial charge in [0.2, 0.25) is 11.8 Å². The number of carboxylic acids is 1. The first-order valence-electron chi connectivity index (χ1n) is 26.2. The zero-order valence-corrected chi connectivity index (χ0v) is 48.9. The molecule has 10 N–H and O–H groups in total. The summed E-state index contributed by atoms with van der Waals surface area (Å²) in [5, 5.41) is 24.6. The lowest BCUT2D eigenvalue weighted by molar-refractivity contribution is -0.140. The number of thioether (sulfide) groups is 2. The van der Waals surface area contributed by atoms with E-state index in [4.69, 9.17) is 30.8 Å². The highest BCUT2D eigenvalue weighted by Crippen LogP contribution is 2.41. The monoisotopic (exact) mass is 1110 g/mol. The molecule has 3 rings (SSSR count). The summed E-state index contributed by atoms with van der Waals surface area (Å²) < 4.78 is 16.0. The zero-order chi connectivity index (χ0) is 54.2. The van der Waals surface area contributed by atoms with Crippen molar-refractivity contribution in [3.05, 3.63) is 0 Å². The molecule has 0 aliphatic heterocycles. The van der Waals surface area contributed by atoms with Crippen LogP contribution < -0.4 is 38.1 Å². The van der Waals surface area contributed by atoms with Crippen LogP contribution in [0, 0.1) is 16.2 Å². The molecule has 0 bridgehead atoms. The Morgan fingerprint density at radius 3 is 1.01 bits per heavy atom. The quantitative estimate of drug-likeness (QED) is 0.0183. The molecule has 5 amide bonds. The number of hydrogen-bond donors (Lipinski definition) is 8. The van der Waals surface area contributed by atoms with Gasteiger partial charge in [-0.15, -0.1) is 23.5 Å². The Hall–Kier alpha value is -2.46. The molecule has 3 aliphatic carbocycles. The van der Waals surface area contributed by atoms with Gasteiger partial charge in [0.05, 0.1) is 6.42 Å². The van der Waals surface area contributed by atoms with Crippen LogP contribution >= 0.6 is 45.1 Å². The lowest BCUT2D eigenvalue weighted by Gasteiger charge is -2.37. The van der Waals surface area contributed by atoms with Crippen molar-refractivity contribution >= 4 is 81.2 Å². The average molecular weight is 1110 g/mol. The number of aliphatic carboxylic acids is 1. The van der Waals surface area contributed by atoms with Gasteiger partial charge < -0.3 is 57.4 Å². The molecule has 73 heavy (non-hydrogen) atoms. The molecule has 0 saturated heterocycles. The zero-order valence-electron chi connectivity index (χ0n) is 45.6. The fourth-order valence-corrected chi connectivity index (χ4v) is 12.5. The van der Waals surface area contributed by atoms with Crippen molar-refractivity contribution in [2.24, 2.45) is 27.7 Å². The third kappa shape index (κ3) is 37.0. The van der Waals surface area contributed by atoms with E-state index in [0.717, 1.165) is 125 Å². The summed E-state index contributed by atoms with van der Waals surface area (Å²) in [6.45, 7) is 20.5. The topological polar surface area (TPSA) is 263 Å². The number of nitrogens with two attached hydrogens (primary N) is 2. The Morgan fingerprint density at radius 2 is 0.753 bits per heavy atom. The number of amides is 5. The number of hydrogen-bond acceptors (Lipinski definition) is 15. The van der Waals surface area contributed by atoms with Gasteiger partial charge in [0.15, 0.2) is 0 Å². The summed E-state index contributed by atoms with van der Waals surface area (Å²) in [6, 6.07) is 0. The van der Waals surface area contributed by atoms with E-state index >= 15 is 0 Å². The summed E-state index contributed by atoms with van der Waals surface area (Å²) >= 11 is 3.54. The van der Waals surface area contributed by atoms with E-state index in [2.05, 4.69) is 26.6 Å². The lowest BCUT2D eigenvalue weighted by Crippen LogP contribution is -2.44. The van der Waals surface area contributed by atoms with Crippen LogP contribution in [-0.4, -0.2) is 132 Å². The normalized spacial score (nSPS) is 17.0. The van der Waals surface area contributed by atoms with E-state index in [0.29, 0.717) is 45.6 Å². The smallest absolute Gasteiger partial charge is 0.407 e. The molecule has 21 heteroatoms. The highest BCUT2D eigenvalue weighted by Gasteiger charge is 2.38. The fraction of sp³-hybridized carbons (Fsp3) is 0.885. The van der Waals surface area contributed by atoms with Gasteiger partial charge in [-0.2, -0.15) is 0 Å². The number of carbonyl (C=O) groups excluding carboxylic acids is 5. The summed E-state index contributed by atoms with van der Waals surface area (Å²) in [7, 11) is 3.58. The second kappa shape index (κ2) is 37.3. The summed E-state index contributed by atoms with van der Waals surface area (Å²) in [4.78, 5) is 72.6. The van der Waals surface area contributed by atoms with Crippen LogP contribution in [0.1, 0.15) is 185 Å². The van der Waals surface area contributed by atoms with Gasteiger partial charge in [-0.3, -0.25) is 14.4 Å². The third-order valence-corrected chi connectivity index (χ3v) is 16.9. The molecular formula is C52H101N7O10S4. The van der Waals surface area contributed by atoms with E-state index < -0.39 is 41.1 Å². The number of alkyl carbamates (subject to hydrolysis) is 3. The molecule has 428 valence electrons. The van der Waals surface area contributed by atoms with Gasteiger partial charge in [-0.05, 0) is 117 Å². The first-order valence-corrected chi connectivity index (χ1v) is 31.0. The molecule has 0 aromatic rings. The van der Waals surface area contributed by atoms with Crippen LogP contribution in [0.4, 0.5) is 14.4 Å². The van der Waals surface area contributed by atoms with Crippen LogP contribution in [0.5, 0.6) is 0 Å². The van der Waals surface area contributed by atoms with Gasteiger partial charge in [-0.25, -0.2) is 14.4 Å². The predicted octanol–water partition coefficient (Wildman–Crippen LogP) is 10.2. The van der Waals surface area contributed by atoms with Crippen molar-refractivity contribution in [3.8, 4) is 0 Å². The van der Waals surface area contributed by atoms with Gasteiger partial charge in [0, 0.05) is 86.8 Å². The van der Waals surface area contributed by atoms with Crippen LogP contribution in [-0.2, 0) is 28.6 Å². The second-order valence-corrected chi connectivity index (χ2v) is 27.8. The molecule has 17 nitrogen and oxygen atoms in total. The fourth-order valence-electron chi connectivity index (χ4n) is 8.92. The number of rotatable bonds is 25. The van der Waals surface area contributed by atoms with Crippen molar-refractivity contribution in [3.63, 3.8) is 0 Å². The van der Waals surface area contributed by atoms with Crippen molar-refractivity contribution in [2.75, 3.05) is 73.9 Å². The van der Waals surface area contributed by atoms with E-state index in [1.165, 1.54) is 12.8 Å². The second-order valence-electron chi connectivity index (χ2n) is 22.5. The lowest BCUT2D eigenvalue weighted by atomic mass is 9.71. The molecule has 3 fully saturated rings. The molecule has 0 radical (unpaired) electrons. The Kier molecular flexibility index (Phi) is 36.1. The Labute approximate surface area is 457 Å². The standard InChI is InChI=1S/C33H60N4O6S2.C14H25NO4.C4H12N2S2.CH4/c1-30(2,3)42-28(40)36-23-32(13-9-7-10-14-32)21-26(38)34-17-19-44-25-45-20-18-35-27(39)22-33(15-11-8-12-16-33)24-37-29(41)43-31(4,5)6;1-13(2,3)19-12(18)15-10-14(9-11(16)17)7-5-4-6-8-14;5-1-3-7-8-4-2-6;/h7-25H2,1-6H3,(H,34,38)(H,35,39)(H,36,40)(H,37,41);4-10H2,1-3H3,(H,15,18)(H,16,17);1-6H2;1H4. The van der Waals surface area contributed by atoms with Crippen LogP contribution in [0.3, 0.4) is 0 Å². The molecule has 0 heterocycles. The Bertz CT molecular complexity index is 1500. The average Bonchev–Trinajstić information content (AvgIpc) is 3.27. The maximum absolute atomic E-state index is 12.8. The molecule has 3 saturated carbocycles. The minimum absolute atomic E-state index is 0. The Balaban J connectivity index is 0.00000151. The first-order chi connectivity index (χ1) is 33.7. The summed E-state index contributed by atoms with van der Waals surface area (Å²) in [5.74, 6) is 2.98. The maximum atomic E-state index is 12.8. The SMILES string of the molecule is C.CC(C)(C)OC(=O)NCC1(CC(=O)NCCSCSCCNC(=O)CC2(CNC(=O)OC(C)(C)C)CCCCC2)CCCCC1.CC(C)(C)OC(=O)NCC1(CC(=O)O)CCCCC1.NCCSSCCN. The molecule has 0 spiro atoms. The minimum atomic E-state index is -0.798. The summed E-state index contributed by atoms with van der Waals surface area (Å²) in [6.07, 6.45) is 14.9. The summed E-state index contributed by atoms with van der Waals surface area (Å²) in [5.41, 5.74) is 8.14. The van der Waals surface area contributed by atoms with Crippen molar-refractivity contribution in [1.82, 2.24) is 26.6 Å². The largest absolute Gasteiger partial charge is 0.481 e. The number of carboxylic acid groups (broad SMARTS) is 1.